The molecular weight excluding hydrogens is 476 g/mol. The molecular formula is C31H36N4O3. The van der Waals surface area contributed by atoms with Crippen LogP contribution in [0, 0.1) is 5.41 Å². The first-order valence-corrected chi connectivity index (χ1v) is 13.5. The Labute approximate surface area is 224 Å². The molecule has 2 fully saturated rings. The van der Waals surface area contributed by atoms with E-state index in [9.17, 15) is 9.59 Å². The summed E-state index contributed by atoms with van der Waals surface area (Å²) >= 11 is 0. The van der Waals surface area contributed by atoms with E-state index in [4.69, 9.17) is 4.74 Å². The van der Waals surface area contributed by atoms with Crippen LogP contribution in [0.5, 0.6) is 5.75 Å². The summed E-state index contributed by atoms with van der Waals surface area (Å²) in [6.45, 7) is 4.15. The largest absolute Gasteiger partial charge is 0.497 e. The Morgan fingerprint density at radius 3 is 2.42 bits per heavy atom. The molecule has 2 aliphatic rings. The minimum atomic E-state index is -0.226. The van der Waals surface area contributed by atoms with Gasteiger partial charge < -0.3 is 19.9 Å². The lowest BCUT2D eigenvalue weighted by molar-refractivity contribution is -0.138. The quantitative estimate of drug-likeness (QED) is 0.458. The Bertz CT molecular complexity index is 1210. The number of benzene rings is 2. The zero-order valence-electron chi connectivity index (χ0n) is 22.0. The number of amides is 2. The number of carbonyl (C=O) groups excluding carboxylic acids is 2. The van der Waals surface area contributed by atoms with Gasteiger partial charge in [-0.1, -0.05) is 42.5 Å². The van der Waals surface area contributed by atoms with Crippen molar-refractivity contribution < 1.29 is 14.3 Å². The van der Waals surface area contributed by atoms with Crippen molar-refractivity contribution in [3.05, 3.63) is 95.8 Å². The van der Waals surface area contributed by atoms with Crippen molar-refractivity contribution in [2.75, 3.05) is 33.3 Å². The number of ether oxygens (including phenoxy) is 1. The van der Waals surface area contributed by atoms with Gasteiger partial charge in [0.15, 0.2) is 0 Å². The maximum atomic E-state index is 13.5. The van der Waals surface area contributed by atoms with E-state index in [2.05, 4.69) is 27.3 Å². The third kappa shape index (κ3) is 5.89. The number of hydrogen-bond donors (Lipinski definition) is 1. The van der Waals surface area contributed by atoms with Crippen molar-refractivity contribution >= 4 is 11.8 Å². The molecule has 2 aliphatic heterocycles. The molecule has 2 saturated heterocycles. The van der Waals surface area contributed by atoms with Gasteiger partial charge in [0.2, 0.25) is 5.91 Å². The number of nitrogens with zero attached hydrogens (tertiary/aromatic N) is 3. The van der Waals surface area contributed by atoms with Crippen molar-refractivity contribution in [1.29, 1.82) is 0 Å². The Morgan fingerprint density at radius 2 is 1.74 bits per heavy atom. The maximum absolute atomic E-state index is 13.5. The SMILES string of the molecule is COc1ccc(CN2CCC3(CCN(CCC(NC(=O)c4cccnc4)c4ccccc4)CC3)C2=O)cc1. The highest BCUT2D eigenvalue weighted by Gasteiger charge is 2.47. The van der Waals surface area contributed by atoms with Crippen LogP contribution in [0.15, 0.2) is 79.1 Å². The molecule has 2 amide bonds. The second-order valence-electron chi connectivity index (χ2n) is 10.4. The normalized spacial score (nSPS) is 17.9. The fraction of sp³-hybridized carbons (Fsp3) is 0.387. The standard InChI is InChI=1S/C31H36N4O3/c1-38-27-11-9-24(10-12-27)23-35-21-16-31(30(35)37)14-19-34(20-15-31)18-13-28(25-6-3-2-4-7-25)33-29(36)26-8-5-17-32-22-26/h2-12,17,22,28H,13-16,18-21,23H2,1H3,(H,33,36). The number of rotatable bonds is 9. The summed E-state index contributed by atoms with van der Waals surface area (Å²) in [6.07, 6.45) is 6.79. The molecule has 3 heterocycles. The lowest BCUT2D eigenvalue weighted by Crippen LogP contribution is -2.45. The summed E-state index contributed by atoms with van der Waals surface area (Å²) in [7, 11) is 1.66. The third-order valence-electron chi connectivity index (χ3n) is 8.11. The van der Waals surface area contributed by atoms with Crippen molar-refractivity contribution in [3.8, 4) is 5.75 Å². The van der Waals surface area contributed by atoms with E-state index in [1.165, 1.54) is 0 Å². The van der Waals surface area contributed by atoms with Gasteiger partial charge >= 0.3 is 0 Å². The van der Waals surface area contributed by atoms with E-state index < -0.39 is 0 Å². The van der Waals surface area contributed by atoms with Gasteiger partial charge in [-0.25, -0.2) is 0 Å². The van der Waals surface area contributed by atoms with E-state index in [-0.39, 0.29) is 17.4 Å². The third-order valence-corrected chi connectivity index (χ3v) is 8.11. The van der Waals surface area contributed by atoms with Gasteiger partial charge in [-0.3, -0.25) is 14.6 Å². The highest BCUT2D eigenvalue weighted by molar-refractivity contribution is 5.94. The fourth-order valence-corrected chi connectivity index (χ4v) is 5.72. The second kappa shape index (κ2) is 11.8. The van der Waals surface area contributed by atoms with Crippen LogP contribution in [0.1, 0.15) is 53.2 Å². The van der Waals surface area contributed by atoms with Gasteiger partial charge in [-0.15, -0.1) is 0 Å². The van der Waals surface area contributed by atoms with Crippen LogP contribution in [0.25, 0.3) is 0 Å². The van der Waals surface area contributed by atoms with E-state index in [0.717, 1.165) is 68.7 Å². The summed E-state index contributed by atoms with van der Waals surface area (Å²) in [5, 5.41) is 3.21. The number of pyridine rings is 1. The molecule has 1 aromatic heterocycles. The molecule has 0 aliphatic carbocycles. The molecule has 0 radical (unpaired) electrons. The smallest absolute Gasteiger partial charge is 0.253 e. The molecule has 5 rings (SSSR count). The number of piperidine rings is 1. The molecule has 198 valence electrons. The van der Waals surface area contributed by atoms with Gasteiger partial charge in [0.25, 0.3) is 5.91 Å². The van der Waals surface area contributed by atoms with Gasteiger partial charge in [-0.2, -0.15) is 0 Å². The number of nitrogens with one attached hydrogen (secondary N) is 1. The molecule has 7 heteroatoms. The first kappa shape index (κ1) is 25.9. The van der Waals surface area contributed by atoms with Crippen LogP contribution >= 0.6 is 0 Å². The van der Waals surface area contributed by atoms with Crippen LogP contribution in [-0.4, -0.2) is 59.9 Å². The summed E-state index contributed by atoms with van der Waals surface area (Å²) in [5.41, 5.74) is 2.57. The Kier molecular flexibility index (Phi) is 8.03. The first-order chi connectivity index (χ1) is 18.6. The molecule has 7 nitrogen and oxygen atoms in total. The predicted molar refractivity (Wildman–Crippen MR) is 147 cm³/mol. The molecule has 0 saturated carbocycles. The van der Waals surface area contributed by atoms with Crippen LogP contribution in [0.4, 0.5) is 0 Å². The second-order valence-corrected chi connectivity index (χ2v) is 10.4. The molecule has 1 unspecified atom stereocenters. The zero-order chi connectivity index (χ0) is 26.4. The highest BCUT2D eigenvalue weighted by atomic mass is 16.5. The first-order valence-electron chi connectivity index (χ1n) is 13.5. The van der Waals surface area contributed by atoms with Crippen LogP contribution < -0.4 is 10.1 Å². The Balaban J connectivity index is 1.16. The fourth-order valence-electron chi connectivity index (χ4n) is 5.72. The number of aromatic nitrogens is 1. The predicted octanol–water partition coefficient (Wildman–Crippen LogP) is 4.47. The summed E-state index contributed by atoms with van der Waals surface area (Å²) in [6, 6.07) is 21.6. The number of methoxy groups -OCH3 is 1. The highest BCUT2D eigenvalue weighted by Crippen LogP contribution is 2.42. The lowest BCUT2D eigenvalue weighted by Gasteiger charge is -2.38. The monoisotopic (exact) mass is 512 g/mol. The lowest BCUT2D eigenvalue weighted by atomic mass is 9.77. The molecule has 1 N–H and O–H groups in total. The molecule has 1 atom stereocenters. The molecule has 3 aromatic rings. The van der Waals surface area contributed by atoms with Crippen molar-refractivity contribution in [1.82, 2.24) is 20.1 Å². The summed E-state index contributed by atoms with van der Waals surface area (Å²) in [5.74, 6) is 1.02. The summed E-state index contributed by atoms with van der Waals surface area (Å²) in [4.78, 5) is 34.9. The van der Waals surface area contributed by atoms with Crippen molar-refractivity contribution in [3.63, 3.8) is 0 Å². The Hall–Kier alpha value is -3.71. The number of carbonyl (C=O) groups is 2. The Morgan fingerprint density at radius 1 is 1.00 bits per heavy atom. The zero-order valence-corrected chi connectivity index (χ0v) is 22.0. The molecule has 38 heavy (non-hydrogen) atoms. The maximum Gasteiger partial charge on any atom is 0.253 e. The average molecular weight is 513 g/mol. The van der Waals surface area contributed by atoms with Crippen molar-refractivity contribution in [2.24, 2.45) is 5.41 Å². The van der Waals surface area contributed by atoms with Crippen LogP contribution in [0.3, 0.4) is 0 Å². The minimum Gasteiger partial charge on any atom is -0.497 e. The van der Waals surface area contributed by atoms with Gasteiger partial charge in [0.05, 0.1) is 24.1 Å². The van der Waals surface area contributed by atoms with E-state index >= 15 is 0 Å². The minimum absolute atomic E-state index is 0.0899. The molecule has 2 aromatic carbocycles. The molecule has 1 spiro atoms. The van der Waals surface area contributed by atoms with E-state index in [0.29, 0.717) is 18.0 Å². The number of hydrogen-bond acceptors (Lipinski definition) is 5. The summed E-state index contributed by atoms with van der Waals surface area (Å²) < 4.78 is 5.25. The molecule has 0 bridgehead atoms. The van der Waals surface area contributed by atoms with Gasteiger partial charge in [0, 0.05) is 32.0 Å². The number of likely N-dealkylation sites (tertiary alicyclic amines) is 2. The van der Waals surface area contributed by atoms with Crippen LogP contribution in [-0.2, 0) is 11.3 Å². The van der Waals surface area contributed by atoms with Crippen LogP contribution in [0.2, 0.25) is 0 Å². The topological polar surface area (TPSA) is 74.8 Å². The van der Waals surface area contributed by atoms with Crippen molar-refractivity contribution in [2.45, 2.75) is 38.3 Å². The van der Waals surface area contributed by atoms with E-state index in [1.807, 2.05) is 47.4 Å². The van der Waals surface area contributed by atoms with Gasteiger partial charge in [0.1, 0.15) is 5.75 Å². The van der Waals surface area contributed by atoms with E-state index in [1.54, 1.807) is 31.6 Å². The van der Waals surface area contributed by atoms with Gasteiger partial charge in [-0.05, 0) is 74.2 Å². The average Bonchev–Trinajstić information content (AvgIpc) is 3.27.